The van der Waals surface area contributed by atoms with E-state index < -0.39 is 0 Å². The molecule has 0 aromatic rings. The van der Waals surface area contributed by atoms with Crippen LogP contribution in [0.15, 0.2) is 0 Å². The Morgan fingerprint density at radius 1 is 1.56 bits per heavy atom. The topological polar surface area (TPSA) is 32.3 Å². The van der Waals surface area contributed by atoms with E-state index in [2.05, 4.69) is 5.32 Å². The van der Waals surface area contributed by atoms with Gasteiger partial charge in [-0.25, -0.2) is 0 Å². The van der Waals surface area contributed by atoms with Gasteiger partial charge in [-0.2, -0.15) is 0 Å². The number of aliphatic hydroxyl groups excluding tert-OH is 1. The molecule has 0 radical (unpaired) electrons. The Kier molecular flexibility index (Phi) is 2.49. The first-order chi connectivity index (χ1) is 4.30. The number of piperidine rings is 1. The highest BCUT2D eigenvalue weighted by atomic mass is 16.3. The predicted molar refractivity (Wildman–Crippen MR) is 37.3 cm³/mol. The minimum Gasteiger partial charge on any atom is -0.392 e. The quantitative estimate of drug-likeness (QED) is 0.540. The van der Waals surface area contributed by atoms with Gasteiger partial charge in [-0.15, -0.1) is 0 Å². The molecule has 0 aliphatic carbocycles. The van der Waals surface area contributed by atoms with E-state index in [1.54, 1.807) is 0 Å². The van der Waals surface area contributed by atoms with E-state index in [1.165, 1.54) is 12.8 Å². The van der Waals surface area contributed by atoms with E-state index in [-0.39, 0.29) is 6.10 Å². The largest absolute Gasteiger partial charge is 0.392 e. The van der Waals surface area contributed by atoms with Crippen molar-refractivity contribution in [3.8, 4) is 0 Å². The molecule has 0 aromatic carbocycles. The number of hydrogen-bond donors (Lipinski definition) is 2. The van der Waals surface area contributed by atoms with Crippen LogP contribution in [0.4, 0.5) is 0 Å². The van der Waals surface area contributed by atoms with Crippen molar-refractivity contribution >= 4 is 0 Å². The monoisotopic (exact) mass is 129 g/mol. The highest BCUT2D eigenvalue weighted by molar-refractivity contribution is 4.75. The first kappa shape index (κ1) is 7.03. The summed E-state index contributed by atoms with van der Waals surface area (Å²) < 4.78 is 0. The Bertz CT molecular complexity index is 77.0. The standard InChI is InChI=1S/C7H15NO/c1-6(9)7-4-2-3-5-8-7/h6-9H,2-5H2,1H3/t6-,7-/m0/s1. The maximum atomic E-state index is 9.11. The number of nitrogens with one attached hydrogen (secondary N) is 1. The van der Waals surface area contributed by atoms with Gasteiger partial charge in [-0.1, -0.05) is 6.42 Å². The van der Waals surface area contributed by atoms with Crippen molar-refractivity contribution in [3.05, 3.63) is 0 Å². The molecule has 0 saturated carbocycles. The number of aliphatic hydroxyl groups is 1. The second kappa shape index (κ2) is 3.18. The van der Waals surface area contributed by atoms with Crippen LogP contribution in [0.25, 0.3) is 0 Å². The summed E-state index contributed by atoms with van der Waals surface area (Å²) in [4.78, 5) is 0. The van der Waals surface area contributed by atoms with Gasteiger partial charge in [0.25, 0.3) is 0 Å². The van der Waals surface area contributed by atoms with Crippen LogP contribution >= 0.6 is 0 Å². The van der Waals surface area contributed by atoms with Crippen LogP contribution < -0.4 is 5.32 Å². The summed E-state index contributed by atoms with van der Waals surface area (Å²) in [6.07, 6.45) is 3.49. The fourth-order valence-corrected chi connectivity index (χ4v) is 1.29. The molecular weight excluding hydrogens is 114 g/mol. The minimum absolute atomic E-state index is 0.176. The molecule has 2 heteroatoms. The second-order valence-corrected chi connectivity index (χ2v) is 2.80. The Labute approximate surface area is 56.3 Å². The Hall–Kier alpha value is -0.0800. The molecule has 1 aliphatic rings. The number of rotatable bonds is 1. The van der Waals surface area contributed by atoms with E-state index >= 15 is 0 Å². The van der Waals surface area contributed by atoms with Crippen LogP contribution in [-0.2, 0) is 0 Å². The van der Waals surface area contributed by atoms with E-state index in [1.807, 2.05) is 6.92 Å². The van der Waals surface area contributed by atoms with Gasteiger partial charge in [0.05, 0.1) is 6.10 Å². The smallest absolute Gasteiger partial charge is 0.0665 e. The lowest BCUT2D eigenvalue weighted by Gasteiger charge is -2.25. The molecule has 2 N–H and O–H groups in total. The predicted octanol–water partition coefficient (Wildman–Crippen LogP) is 0.509. The Morgan fingerprint density at radius 3 is 2.67 bits per heavy atom. The molecule has 9 heavy (non-hydrogen) atoms. The third-order valence-corrected chi connectivity index (χ3v) is 1.93. The first-order valence-electron chi connectivity index (χ1n) is 3.72. The van der Waals surface area contributed by atoms with Gasteiger partial charge in [0.1, 0.15) is 0 Å². The highest BCUT2D eigenvalue weighted by Gasteiger charge is 2.16. The maximum Gasteiger partial charge on any atom is 0.0665 e. The summed E-state index contributed by atoms with van der Waals surface area (Å²) in [5.74, 6) is 0. The van der Waals surface area contributed by atoms with Gasteiger partial charge in [-0.3, -0.25) is 0 Å². The van der Waals surface area contributed by atoms with E-state index in [4.69, 9.17) is 5.11 Å². The molecule has 54 valence electrons. The fraction of sp³-hybridized carbons (Fsp3) is 1.00. The minimum atomic E-state index is -0.176. The van der Waals surface area contributed by atoms with Crippen LogP contribution in [0.3, 0.4) is 0 Å². The van der Waals surface area contributed by atoms with Crippen molar-refractivity contribution in [1.82, 2.24) is 5.32 Å². The lowest BCUT2D eigenvalue weighted by Crippen LogP contribution is -2.41. The summed E-state index contributed by atoms with van der Waals surface area (Å²) in [6, 6.07) is 0.360. The molecule has 2 atom stereocenters. The van der Waals surface area contributed by atoms with E-state index in [0.717, 1.165) is 13.0 Å². The molecular formula is C7H15NO. The SMILES string of the molecule is C[C@H](O)[C@@H]1CCCCN1. The summed E-state index contributed by atoms with van der Waals surface area (Å²) in [5.41, 5.74) is 0. The third kappa shape index (κ3) is 1.95. The Balaban J connectivity index is 2.23. The van der Waals surface area contributed by atoms with Crippen molar-refractivity contribution in [2.75, 3.05) is 6.54 Å². The highest BCUT2D eigenvalue weighted by Crippen LogP contribution is 2.09. The lowest BCUT2D eigenvalue weighted by molar-refractivity contribution is 0.130. The van der Waals surface area contributed by atoms with Crippen LogP contribution in [0.5, 0.6) is 0 Å². The molecule has 0 bridgehead atoms. The van der Waals surface area contributed by atoms with Gasteiger partial charge in [0.15, 0.2) is 0 Å². The van der Waals surface area contributed by atoms with Crippen molar-refractivity contribution in [3.63, 3.8) is 0 Å². The van der Waals surface area contributed by atoms with E-state index in [0.29, 0.717) is 6.04 Å². The molecule has 2 nitrogen and oxygen atoms in total. The van der Waals surface area contributed by atoms with Crippen LogP contribution in [0.1, 0.15) is 26.2 Å². The third-order valence-electron chi connectivity index (χ3n) is 1.93. The summed E-state index contributed by atoms with van der Waals surface area (Å²) in [7, 11) is 0. The second-order valence-electron chi connectivity index (χ2n) is 2.80. The molecule has 1 saturated heterocycles. The maximum absolute atomic E-state index is 9.11. The molecule has 0 unspecified atom stereocenters. The summed E-state index contributed by atoms with van der Waals surface area (Å²) >= 11 is 0. The zero-order valence-corrected chi connectivity index (χ0v) is 5.93. The van der Waals surface area contributed by atoms with Crippen LogP contribution in [0, 0.1) is 0 Å². The zero-order valence-electron chi connectivity index (χ0n) is 5.93. The summed E-state index contributed by atoms with van der Waals surface area (Å²) in [6.45, 7) is 2.93. The number of hydrogen-bond acceptors (Lipinski definition) is 2. The van der Waals surface area contributed by atoms with Gasteiger partial charge in [0, 0.05) is 6.04 Å². The van der Waals surface area contributed by atoms with Gasteiger partial charge >= 0.3 is 0 Å². The fourth-order valence-electron chi connectivity index (χ4n) is 1.29. The van der Waals surface area contributed by atoms with Crippen molar-refractivity contribution in [2.45, 2.75) is 38.3 Å². The molecule has 1 rings (SSSR count). The van der Waals surface area contributed by atoms with Crippen molar-refractivity contribution in [2.24, 2.45) is 0 Å². The molecule has 1 heterocycles. The average molecular weight is 129 g/mol. The normalized spacial score (nSPS) is 32.0. The molecule has 0 spiro atoms. The van der Waals surface area contributed by atoms with Crippen molar-refractivity contribution in [1.29, 1.82) is 0 Å². The van der Waals surface area contributed by atoms with Gasteiger partial charge in [-0.05, 0) is 26.3 Å². The molecule has 0 amide bonds. The molecule has 1 fully saturated rings. The zero-order chi connectivity index (χ0) is 6.69. The summed E-state index contributed by atoms with van der Waals surface area (Å²) in [5, 5.41) is 12.4. The van der Waals surface area contributed by atoms with Crippen molar-refractivity contribution < 1.29 is 5.11 Å². The first-order valence-corrected chi connectivity index (χ1v) is 3.72. The van der Waals surface area contributed by atoms with Gasteiger partial charge < -0.3 is 10.4 Å². The van der Waals surface area contributed by atoms with Crippen LogP contribution in [-0.4, -0.2) is 23.8 Å². The molecule has 0 aromatic heterocycles. The average Bonchev–Trinajstić information content (AvgIpc) is 1.90. The lowest BCUT2D eigenvalue weighted by atomic mass is 10.0. The van der Waals surface area contributed by atoms with Crippen LogP contribution in [0.2, 0.25) is 0 Å². The molecule has 1 aliphatic heterocycles. The van der Waals surface area contributed by atoms with E-state index in [9.17, 15) is 0 Å². The Morgan fingerprint density at radius 2 is 2.33 bits per heavy atom. The van der Waals surface area contributed by atoms with Gasteiger partial charge in [0.2, 0.25) is 0 Å².